The number of rotatable bonds is 6. The first-order valence-corrected chi connectivity index (χ1v) is 7.12. The summed E-state index contributed by atoms with van der Waals surface area (Å²) in [7, 11) is 3.51. The first-order valence-electron chi connectivity index (χ1n) is 7.12. The van der Waals surface area contributed by atoms with Crippen LogP contribution in [-0.4, -0.2) is 36.2 Å². The van der Waals surface area contributed by atoms with Gasteiger partial charge in [0.2, 0.25) is 0 Å². The molecular formula is C16H21ClN4O2. The second-order valence-electron chi connectivity index (χ2n) is 4.98. The molecule has 124 valence electrons. The van der Waals surface area contributed by atoms with Crippen LogP contribution in [0.3, 0.4) is 0 Å². The van der Waals surface area contributed by atoms with E-state index in [1.807, 2.05) is 25.3 Å². The molecule has 1 heterocycles. The molecule has 23 heavy (non-hydrogen) atoms. The minimum atomic E-state index is -0.101. The average Bonchev–Trinajstić information content (AvgIpc) is 3.00. The molecule has 1 unspecified atom stereocenters. The van der Waals surface area contributed by atoms with Gasteiger partial charge in [-0.15, -0.1) is 12.4 Å². The number of aromatic nitrogens is 2. The number of amides is 1. The molecule has 0 saturated heterocycles. The molecule has 2 aromatic rings. The Kier molecular flexibility index (Phi) is 7.44. The number of nitrogens with zero attached hydrogens (tertiary/aromatic N) is 2. The van der Waals surface area contributed by atoms with Crippen LogP contribution in [0.2, 0.25) is 0 Å². The third-order valence-electron chi connectivity index (χ3n) is 3.28. The first kappa shape index (κ1) is 18.9. The van der Waals surface area contributed by atoms with Gasteiger partial charge in [-0.1, -0.05) is 17.3 Å². The van der Waals surface area contributed by atoms with Crippen LogP contribution in [0.1, 0.15) is 34.6 Å². The molecule has 2 N–H and O–H groups in total. The fourth-order valence-corrected chi connectivity index (χ4v) is 1.85. The van der Waals surface area contributed by atoms with E-state index in [2.05, 4.69) is 27.7 Å². The Bertz CT molecular complexity index is 652. The predicted molar refractivity (Wildman–Crippen MR) is 92.5 cm³/mol. The SMILES string of the molecule is CNC(=O)c1ccc(/C=C/c2nc(CC(C)NC)no2)cc1.Cl. The lowest BCUT2D eigenvalue weighted by Gasteiger charge is -2.04. The monoisotopic (exact) mass is 336 g/mol. The molecule has 1 atom stereocenters. The highest BCUT2D eigenvalue weighted by atomic mass is 35.5. The molecule has 1 amide bonds. The van der Waals surface area contributed by atoms with Gasteiger partial charge in [0, 0.05) is 31.1 Å². The van der Waals surface area contributed by atoms with Crippen molar-refractivity contribution in [3.05, 3.63) is 47.1 Å². The summed E-state index contributed by atoms with van der Waals surface area (Å²) >= 11 is 0. The lowest BCUT2D eigenvalue weighted by molar-refractivity contribution is 0.0963. The summed E-state index contributed by atoms with van der Waals surface area (Å²) in [6.45, 7) is 2.06. The average molecular weight is 337 g/mol. The molecule has 1 aromatic heterocycles. The van der Waals surface area contributed by atoms with Gasteiger partial charge in [0.05, 0.1) is 0 Å². The van der Waals surface area contributed by atoms with Crippen molar-refractivity contribution < 1.29 is 9.32 Å². The molecule has 0 fully saturated rings. The van der Waals surface area contributed by atoms with E-state index in [4.69, 9.17) is 4.52 Å². The van der Waals surface area contributed by atoms with Gasteiger partial charge in [0.25, 0.3) is 11.8 Å². The van der Waals surface area contributed by atoms with Crippen LogP contribution in [0, 0.1) is 0 Å². The minimum absolute atomic E-state index is 0. The highest BCUT2D eigenvalue weighted by Gasteiger charge is 2.07. The van der Waals surface area contributed by atoms with E-state index in [9.17, 15) is 4.79 Å². The Balaban J connectivity index is 0.00000264. The van der Waals surface area contributed by atoms with Gasteiger partial charge >= 0.3 is 0 Å². The van der Waals surface area contributed by atoms with E-state index in [-0.39, 0.29) is 18.3 Å². The van der Waals surface area contributed by atoms with Crippen molar-refractivity contribution >= 4 is 30.5 Å². The molecule has 7 heteroatoms. The predicted octanol–water partition coefficient (Wildman–Crippen LogP) is 2.17. The number of hydrogen-bond acceptors (Lipinski definition) is 5. The standard InChI is InChI=1S/C16H20N4O2.ClH/c1-11(17-2)10-14-19-15(22-20-14)9-6-12-4-7-13(8-5-12)16(21)18-3;/h4-9,11,17H,10H2,1-3H3,(H,18,21);1H/b9-6+;. The van der Waals surface area contributed by atoms with Gasteiger partial charge in [-0.3, -0.25) is 4.79 Å². The maximum Gasteiger partial charge on any atom is 0.251 e. The summed E-state index contributed by atoms with van der Waals surface area (Å²) < 4.78 is 5.17. The van der Waals surface area contributed by atoms with E-state index in [0.717, 1.165) is 5.56 Å². The molecule has 2 rings (SSSR count). The number of likely N-dealkylation sites (N-methyl/N-ethyl adjacent to an activating group) is 1. The minimum Gasteiger partial charge on any atom is -0.355 e. The zero-order chi connectivity index (χ0) is 15.9. The molecule has 0 spiro atoms. The van der Waals surface area contributed by atoms with Gasteiger partial charge in [-0.2, -0.15) is 4.98 Å². The smallest absolute Gasteiger partial charge is 0.251 e. The van der Waals surface area contributed by atoms with Crippen molar-refractivity contribution in [3.63, 3.8) is 0 Å². The fourth-order valence-electron chi connectivity index (χ4n) is 1.85. The Hall–Kier alpha value is -2.18. The van der Waals surface area contributed by atoms with Crippen molar-refractivity contribution in [2.75, 3.05) is 14.1 Å². The van der Waals surface area contributed by atoms with Crippen LogP contribution in [0.15, 0.2) is 28.8 Å². The van der Waals surface area contributed by atoms with Crippen LogP contribution in [0.4, 0.5) is 0 Å². The van der Waals surface area contributed by atoms with Crippen molar-refractivity contribution in [1.29, 1.82) is 0 Å². The second kappa shape index (κ2) is 9.07. The number of nitrogens with one attached hydrogen (secondary N) is 2. The Morgan fingerprint density at radius 2 is 1.96 bits per heavy atom. The van der Waals surface area contributed by atoms with Crippen LogP contribution in [0.25, 0.3) is 12.2 Å². The van der Waals surface area contributed by atoms with Gasteiger partial charge in [0.1, 0.15) is 0 Å². The maximum atomic E-state index is 11.5. The third kappa shape index (κ3) is 5.50. The van der Waals surface area contributed by atoms with E-state index in [1.54, 1.807) is 25.3 Å². The second-order valence-corrected chi connectivity index (χ2v) is 4.98. The number of hydrogen-bond donors (Lipinski definition) is 2. The highest BCUT2D eigenvalue weighted by molar-refractivity contribution is 5.94. The summed E-state index contributed by atoms with van der Waals surface area (Å²) in [6.07, 6.45) is 4.34. The number of benzene rings is 1. The zero-order valence-corrected chi connectivity index (χ0v) is 14.2. The quantitative estimate of drug-likeness (QED) is 0.845. The van der Waals surface area contributed by atoms with Gasteiger partial charge in [-0.25, -0.2) is 0 Å². The molecule has 0 aliphatic rings. The van der Waals surface area contributed by atoms with Crippen LogP contribution in [-0.2, 0) is 6.42 Å². The lowest BCUT2D eigenvalue weighted by Crippen LogP contribution is -2.24. The summed E-state index contributed by atoms with van der Waals surface area (Å²) in [5.74, 6) is 1.04. The van der Waals surface area contributed by atoms with E-state index >= 15 is 0 Å². The van der Waals surface area contributed by atoms with Crippen molar-refractivity contribution in [1.82, 2.24) is 20.8 Å². The molecule has 6 nitrogen and oxygen atoms in total. The summed E-state index contributed by atoms with van der Waals surface area (Å²) in [6, 6.07) is 7.56. The Morgan fingerprint density at radius 1 is 1.26 bits per heavy atom. The van der Waals surface area contributed by atoms with E-state index in [1.165, 1.54) is 0 Å². The topological polar surface area (TPSA) is 80.0 Å². The van der Waals surface area contributed by atoms with Crippen molar-refractivity contribution in [2.24, 2.45) is 0 Å². The fraction of sp³-hybridized carbons (Fsp3) is 0.312. The Morgan fingerprint density at radius 3 is 2.57 bits per heavy atom. The molecule has 0 aliphatic heterocycles. The van der Waals surface area contributed by atoms with Gasteiger partial charge in [0.15, 0.2) is 5.82 Å². The Labute approximate surface area is 141 Å². The molecular weight excluding hydrogens is 316 g/mol. The lowest BCUT2D eigenvalue weighted by atomic mass is 10.1. The third-order valence-corrected chi connectivity index (χ3v) is 3.28. The first-order chi connectivity index (χ1) is 10.6. The van der Waals surface area contributed by atoms with Crippen LogP contribution >= 0.6 is 12.4 Å². The molecule has 0 radical (unpaired) electrons. The molecule has 1 aromatic carbocycles. The number of carbonyl (C=O) groups is 1. The molecule has 0 saturated carbocycles. The van der Waals surface area contributed by atoms with Crippen molar-refractivity contribution in [2.45, 2.75) is 19.4 Å². The summed E-state index contributed by atoms with van der Waals surface area (Å²) in [5, 5.41) is 9.65. The normalized spacial score (nSPS) is 12.0. The van der Waals surface area contributed by atoms with Gasteiger partial charge < -0.3 is 15.2 Å². The highest BCUT2D eigenvalue weighted by Crippen LogP contribution is 2.09. The molecule has 0 aliphatic carbocycles. The van der Waals surface area contributed by atoms with Crippen LogP contribution in [0.5, 0.6) is 0 Å². The van der Waals surface area contributed by atoms with Gasteiger partial charge in [-0.05, 0) is 37.7 Å². The molecule has 0 bridgehead atoms. The van der Waals surface area contributed by atoms with E-state index in [0.29, 0.717) is 29.7 Å². The number of halogens is 1. The van der Waals surface area contributed by atoms with Crippen LogP contribution < -0.4 is 10.6 Å². The van der Waals surface area contributed by atoms with E-state index < -0.39 is 0 Å². The summed E-state index contributed by atoms with van der Waals surface area (Å²) in [5.41, 5.74) is 1.58. The largest absolute Gasteiger partial charge is 0.355 e. The number of carbonyl (C=O) groups excluding carboxylic acids is 1. The summed E-state index contributed by atoms with van der Waals surface area (Å²) in [4.78, 5) is 15.8. The zero-order valence-electron chi connectivity index (χ0n) is 13.4. The maximum absolute atomic E-state index is 11.5. The van der Waals surface area contributed by atoms with Crippen molar-refractivity contribution in [3.8, 4) is 0 Å².